The number of piperidine rings is 1. The minimum Gasteiger partial charge on any atom is -0.389 e. The molecule has 1 aliphatic heterocycles. The number of carbonyl (C=O) groups excluding carboxylic acids is 1. The minimum atomic E-state index is -0.522. The highest BCUT2D eigenvalue weighted by Gasteiger charge is 2.22. The Bertz CT molecular complexity index is 460. The lowest BCUT2D eigenvalue weighted by Gasteiger charge is -2.32. The Balaban J connectivity index is 1.98. The molecule has 1 fully saturated rings. The van der Waals surface area contributed by atoms with Gasteiger partial charge in [-0.1, -0.05) is 25.5 Å². The van der Waals surface area contributed by atoms with E-state index < -0.39 is 6.10 Å². The lowest BCUT2D eigenvalue weighted by Crippen LogP contribution is -2.42. The van der Waals surface area contributed by atoms with Crippen LogP contribution in [0, 0.1) is 5.92 Å². The van der Waals surface area contributed by atoms with Crippen LogP contribution in [-0.2, 0) is 0 Å². The quantitative estimate of drug-likeness (QED) is 0.889. The van der Waals surface area contributed by atoms with Crippen molar-refractivity contribution >= 4 is 11.7 Å². The van der Waals surface area contributed by atoms with E-state index in [1.165, 1.54) is 6.42 Å². The fraction of sp³-hybridized carbons (Fsp3) is 0.562. The molecular formula is C16H24N2O2. The van der Waals surface area contributed by atoms with Crippen LogP contribution in [-0.4, -0.2) is 29.1 Å². The Morgan fingerprint density at radius 1 is 1.55 bits per heavy atom. The summed E-state index contributed by atoms with van der Waals surface area (Å²) in [5.74, 6) is 0.623. The Morgan fingerprint density at radius 3 is 3.05 bits per heavy atom. The van der Waals surface area contributed by atoms with Gasteiger partial charge in [0.15, 0.2) is 0 Å². The van der Waals surface area contributed by atoms with Gasteiger partial charge in [0.1, 0.15) is 0 Å². The summed E-state index contributed by atoms with van der Waals surface area (Å²) in [6.45, 7) is 5.58. The molecule has 2 rings (SSSR count). The Hall–Kier alpha value is -1.55. The fourth-order valence-electron chi connectivity index (χ4n) is 2.66. The third kappa shape index (κ3) is 3.73. The van der Waals surface area contributed by atoms with Crippen molar-refractivity contribution in [3.8, 4) is 0 Å². The highest BCUT2D eigenvalue weighted by molar-refractivity contribution is 5.89. The summed E-state index contributed by atoms with van der Waals surface area (Å²) in [6, 6.07) is 7.34. The number of urea groups is 1. The maximum Gasteiger partial charge on any atom is 0.321 e. The highest BCUT2D eigenvalue weighted by atomic mass is 16.3. The number of carbonyl (C=O) groups is 1. The predicted molar refractivity (Wildman–Crippen MR) is 80.7 cm³/mol. The van der Waals surface area contributed by atoms with E-state index >= 15 is 0 Å². The topological polar surface area (TPSA) is 52.6 Å². The van der Waals surface area contributed by atoms with Crippen molar-refractivity contribution in [2.75, 3.05) is 18.4 Å². The first-order chi connectivity index (χ1) is 9.60. The number of nitrogens with one attached hydrogen (secondary N) is 1. The SMILES string of the molecule is CCC1CCCN(C(=O)Nc2cccc(C(C)O)c2)C1. The summed E-state index contributed by atoms with van der Waals surface area (Å²) in [7, 11) is 0. The Kier molecular flexibility index (Phi) is 5.01. The van der Waals surface area contributed by atoms with E-state index in [-0.39, 0.29) is 6.03 Å². The molecule has 20 heavy (non-hydrogen) atoms. The largest absolute Gasteiger partial charge is 0.389 e. The molecule has 2 N–H and O–H groups in total. The maximum absolute atomic E-state index is 12.3. The summed E-state index contributed by atoms with van der Waals surface area (Å²) in [6.07, 6.45) is 2.91. The molecule has 0 spiro atoms. The average Bonchev–Trinajstić information content (AvgIpc) is 2.47. The molecule has 2 atom stereocenters. The van der Waals surface area contributed by atoms with Crippen LogP contribution in [0.15, 0.2) is 24.3 Å². The van der Waals surface area contributed by atoms with Crippen molar-refractivity contribution in [2.45, 2.75) is 39.2 Å². The molecule has 4 heteroatoms. The van der Waals surface area contributed by atoms with Gasteiger partial charge in [-0.3, -0.25) is 0 Å². The van der Waals surface area contributed by atoms with Crippen LogP contribution in [0.2, 0.25) is 0 Å². The number of hydrogen-bond donors (Lipinski definition) is 2. The number of rotatable bonds is 3. The first-order valence-corrected chi connectivity index (χ1v) is 7.44. The van der Waals surface area contributed by atoms with Crippen molar-refractivity contribution in [1.29, 1.82) is 0 Å². The highest BCUT2D eigenvalue weighted by Crippen LogP contribution is 2.21. The summed E-state index contributed by atoms with van der Waals surface area (Å²) in [4.78, 5) is 14.2. The normalized spacial score (nSPS) is 20.6. The zero-order chi connectivity index (χ0) is 14.5. The van der Waals surface area contributed by atoms with Crippen LogP contribution in [0.4, 0.5) is 10.5 Å². The molecule has 0 radical (unpaired) electrons. The van der Waals surface area contributed by atoms with Crippen LogP contribution in [0.25, 0.3) is 0 Å². The standard InChI is InChI=1S/C16H24N2O2/c1-3-13-6-5-9-18(11-13)16(20)17-15-8-4-7-14(10-15)12(2)19/h4,7-8,10,12-13,19H,3,5-6,9,11H2,1-2H3,(H,17,20). The van der Waals surface area contributed by atoms with Gasteiger partial charge in [-0.15, -0.1) is 0 Å². The number of aliphatic hydroxyl groups excluding tert-OH is 1. The van der Waals surface area contributed by atoms with Crippen molar-refractivity contribution in [3.63, 3.8) is 0 Å². The molecule has 0 aliphatic carbocycles. The van der Waals surface area contributed by atoms with E-state index in [1.807, 2.05) is 29.2 Å². The first-order valence-electron chi connectivity index (χ1n) is 7.44. The molecular weight excluding hydrogens is 252 g/mol. The zero-order valence-corrected chi connectivity index (χ0v) is 12.3. The number of amides is 2. The summed E-state index contributed by atoms with van der Waals surface area (Å²) in [5.41, 5.74) is 1.56. The van der Waals surface area contributed by atoms with E-state index in [9.17, 15) is 9.90 Å². The van der Waals surface area contributed by atoms with Gasteiger partial charge < -0.3 is 15.3 Å². The molecule has 1 aliphatic rings. The van der Waals surface area contributed by atoms with Crippen molar-refractivity contribution in [2.24, 2.45) is 5.92 Å². The van der Waals surface area contributed by atoms with Gasteiger partial charge in [-0.2, -0.15) is 0 Å². The predicted octanol–water partition coefficient (Wildman–Crippen LogP) is 3.39. The third-order valence-corrected chi connectivity index (χ3v) is 4.00. The maximum atomic E-state index is 12.3. The smallest absolute Gasteiger partial charge is 0.321 e. The lowest BCUT2D eigenvalue weighted by molar-refractivity contribution is 0.176. The van der Waals surface area contributed by atoms with Crippen molar-refractivity contribution < 1.29 is 9.90 Å². The molecule has 0 saturated carbocycles. The van der Waals surface area contributed by atoms with Gasteiger partial charge in [0, 0.05) is 18.8 Å². The monoisotopic (exact) mass is 276 g/mol. The molecule has 1 aromatic carbocycles. The first kappa shape index (κ1) is 14.9. The van der Waals surface area contributed by atoms with Crippen LogP contribution in [0.3, 0.4) is 0 Å². The molecule has 2 amide bonds. The number of hydrogen-bond acceptors (Lipinski definition) is 2. The molecule has 110 valence electrons. The van der Waals surface area contributed by atoms with E-state index in [1.54, 1.807) is 6.92 Å². The Labute approximate surface area is 120 Å². The minimum absolute atomic E-state index is 0.0362. The van der Waals surface area contributed by atoms with Crippen molar-refractivity contribution in [3.05, 3.63) is 29.8 Å². The number of aliphatic hydroxyl groups is 1. The number of nitrogens with zero attached hydrogens (tertiary/aromatic N) is 1. The molecule has 0 aromatic heterocycles. The molecule has 4 nitrogen and oxygen atoms in total. The summed E-state index contributed by atoms with van der Waals surface area (Å²) in [5, 5.41) is 12.5. The number of likely N-dealkylation sites (tertiary alicyclic amines) is 1. The van der Waals surface area contributed by atoms with Crippen molar-refractivity contribution in [1.82, 2.24) is 4.90 Å². The Morgan fingerprint density at radius 2 is 2.35 bits per heavy atom. The molecule has 1 aromatic rings. The second-order valence-corrected chi connectivity index (χ2v) is 5.59. The fourth-order valence-corrected chi connectivity index (χ4v) is 2.66. The van der Waals surface area contributed by atoms with Gasteiger partial charge in [-0.25, -0.2) is 4.79 Å². The second kappa shape index (κ2) is 6.75. The molecule has 2 unspecified atom stereocenters. The van der Waals surface area contributed by atoms with Gasteiger partial charge in [0.05, 0.1) is 6.10 Å². The number of anilines is 1. The molecule has 1 heterocycles. The van der Waals surface area contributed by atoms with Gasteiger partial charge in [0.25, 0.3) is 0 Å². The van der Waals surface area contributed by atoms with Gasteiger partial charge >= 0.3 is 6.03 Å². The molecule has 0 bridgehead atoms. The zero-order valence-electron chi connectivity index (χ0n) is 12.3. The van der Waals surface area contributed by atoms with E-state index in [0.29, 0.717) is 5.92 Å². The van der Waals surface area contributed by atoms with Gasteiger partial charge in [0.2, 0.25) is 0 Å². The third-order valence-electron chi connectivity index (χ3n) is 4.00. The molecule has 1 saturated heterocycles. The average molecular weight is 276 g/mol. The lowest BCUT2D eigenvalue weighted by atomic mass is 9.96. The van der Waals surface area contributed by atoms with Crippen LogP contribution in [0.1, 0.15) is 44.8 Å². The summed E-state index contributed by atoms with van der Waals surface area (Å²) < 4.78 is 0. The summed E-state index contributed by atoms with van der Waals surface area (Å²) >= 11 is 0. The van der Waals surface area contributed by atoms with Gasteiger partial charge in [-0.05, 0) is 43.4 Å². The van der Waals surface area contributed by atoms with Crippen LogP contribution >= 0.6 is 0 Å². The van der Waals surface area contributed by atoms with Crippen LogP contribution in [0.5, 0.6) is 0 Å². The second-order valence-electron chi connectivity index (χ2n) is 5.59. The number of benzene rings is 1. The van der Waals surface area contributed by atoms with E-state index in [0.717, 1.165) is 37.2 Å². The van der Waals surface area contributed by atoms with Crippen LogP contribution < -0.4 is 5.32 Å². The van der Waals surface area contributed by atoms with E-state index in [4.69, 9.17) is 0 Å². The van der Waals surface area contributed by atoms with E-state index in [2.05, 4.69) is 12.2 Å².